The summed E-state index contributed by atoms with van der Waals surface area (Å²) >= 11 is 0. The highest BCUT2D eigenvalue weighted by molar-refractivity contribution is 5.96. The van der Waals surface area contributed by atoms with Gasteiger partial charge < -0.3 is 18.8 Å². The highest BCUT2D eigenvalue weighted by Crippen LogP contribution is 2.40. The van der Waals surface area contributed by atoms with E-state index in [-0.39, 0.29) is 5.91 Å². The summed E-state index contributed by atoms with van der Waals surface area (Å²) in [6.45, 7) is 0.593. The van der Waals surface area contributed by atoms with Gasteiger partial charge >= 0.3 is 0 Å². The van der Waals surface area contributed by atoms with Crippen molar-refractivity contribution in [3.8, 4) is 11.5 Å². The van der Waals surface area contributed by atoms with Crippen LogP contribution in [0, 0.1) is 0 Å². The molecule has 0 aliphatic heterocycles. The SMILES string of the molecule is COc1ccc(CCN(C)C(=O)c2ccc3nc(C4CC4)oc3c2)cc1OC. The van der Waals surface area contributed by atoms with Crippen LogP contribution in [0.15, 0.2) is 40.8 Å². The number of benzene rings is 2. The summed E-state index contributed by atoms with van der Waals surface area (Å²) in [5.41, 5.74) is 3.19. The summed E-state index contributed by atoms with van der Waals surface area (Å²) in [5.74, 6) is 2.60. The van der Waals surface area contributed by atoms with Crippen molar-refractivity contribution in [2.24, 2.45) is 0 Å². The predicted octanol–water partition coefficient (Wildman–Crippen LogP) is 4.04. The first-order valence-corrected chi connectivity index (χ1v) is 9.46. The highest BCUT2D eigenvalue weighted by Gasteiger charge is 2.29. The topological polar surface area (TPSA) is 64.8 Å². The van der Waals surface area contributed by atoms with Gasteiger partial charge in [-0.25, -0.2) is 4.98 Å². The predicted molar refractivity (Wildman–Crippen MR) is 106 cm³/mol. The van der Waals surface area contributed by atoms with Crippen LogP contribution in [0.5, 0.6) is 11.5 Å². The van der Waals surface area contributed by atoms with Crippen molar-refractivity contribution in [1.82, 2.24) is 9.88 Å². The molecule has 1 amide bonds. The molecule has 1 aromatic heterocycles. The lowest BCUT2D eigenvalue weighted by Gasteiger charge is -2.17. The van der Waals surface area contributed by atoms with Crippen molar-refractivity contribution < 1.29 is 18.7 Å². The van der Waals surface area contributed by atoms with E-state index in [0.29, 0.717) is 35.1 Å². The summed E-state index contributed by atoms with van der Waals surface area (Å²) in [5, 5.41) is 0. The molecular formula is C22H24N2O4. The lowest BCUT2D eigenvalue weighted by atomic mass is 10.1. The maximum absolute atomic E-state index is 12.8. The van der Waals surface area contributed by atoms with E-state index in [9.17, 15) is 4.79 Å². The Labute approximate surface area is 164 Å². The fraction of sp³-hybridized carbons (Fsp3) is 0.364. The first kappa shape index (κ1) is 18.3. The van der Waals surface area contributed by atoms with Gasteiger partial charge in [0.25, 0.3) is 5.91 Å². The zero-order chi connectivity index (χ0) is 19.7. The minimum Gasteiger partial charge on any atom is -0.493 e. The molecule has 0 unspecified atom stereocenters. The maximum atomic E-state index is 12.8. The average Bonchev–Trinajstić information content (AvgIpc) is 3.49. The second kappa shape index (κ2) is 7.54. The molecule has 1 aliphatic carbocycles. The number of aromatic nitrogens is 1. The number of hydrogen-bond donors (Lipinski definition) is 0. The van der Waals surface area contributed by atoms with Gasteiger partial charge in [-0.2, -0.15) is 0 Å². The molecule has 6 heteroatoms. The number of ether oxygens (including phenoxy) is 2. The van der Waals surface area contributed by atoms with E-state index in [0.717, 1.165) is 36.2 Å². The normalized spacial score (nSPS) is 13.5. The fourth-order valence-corrected chi connectivity index (χ4v) is 3.24. The Morgan fingerprint density at radius 2 is 1.93 bits per heavy atom. The van der Waals surface area contributed by atoms with Gasteiger partial charge in [-0.15, -0.1) is 0 Å². The number of carbonyl (C=O) groups excluding carboxylic acids is 1. The third-order valence-electron chi connectivity index (χ3n) is 5.11. The summed E-state index contributed by atoms with van der Waals surface area (Å²) in [6.07, 6.45) is 2.99. The molecular weight excluding hydrogens is 356 g/mol. The molecule has 1 aliphatic rings. The Kier molecular flexibility index (Phi) is 4.94. The van der Waals surface area contributed by atoms with E-state index in [1.807, 2.05) is 37.4 Å². The van der Waals surface area contributed by atoms with Crippen LogP contribution < -0.4 is 9.47 Å². The number of oxazole rings is 1. The summed E-state index contributed by atoms with van der Waals surface area (Å²) in [4.78, 5) is 19.0. The number of fused-ring (bicyclic) bond motifs is 1. The molecule has 6 nitrogen and oxygen atoms in total. The van der Waals surface area contributed by atoms with E-state index in [2.05, 4.69) is 4.98 Å². The van der Waals surface area contributed by atoms with Crippen molar-refractivity contribution in [3.63, 3.8) is 0 Å². The number of nitrogens with zero attached hydrogens (tertiary/aromatic N) is 2. The summed E-state index contributed by atoms with van der Waals surface area (Å²) in [6, 6.07) is 11.3. The Hall–Kier alpha value is -3.02. The molecule has 146 valence electrons. The Morgan fingerprint density at radius 3 is 2.64 bits per heavy atom. The smallest absolute Gasteiger partial charge is 0.253 e. The molecule has 2 aromatic carbocycles. The molecule has 1 heterocycles. The third kappa shape index (κ3) is 3.67. The largest absolute Gasteiger partial charge is 0.493 e. The number of rotatable bonds is 7. The molecule has 3 aromatic rings. The first-order valence-electron chi connectivity index (χ1n) is 9.46. The third-order valence-corrected chi connectivity index (χ3v) is 5.11. The summed E-state index contributed by atoms with van der Waals surface area (Å²) in [7, 11) is 5.04. The quantitative estimate of drug-likeness (QED) is 0.619. The molecule has 28 heavy (non-hydrogen) atoms. The van der Waals surface area contributed by atoms with Gasteiger partial charge in [0, 0.05) is 25.1 Å². The number of methoxy groups -OCH3 is 2. The zero-order valence-electron chi connectivity index (χ0n) is 16.4. The Balaban J connectivity index is 1.43. The van der Waals surface area contributed by atoms with Crippen molar-refractivity contribution in [2.75, 3.05) is 27.8 Å². The van der Waals surface area contributed by atoms with Gasteiger partial charge in [-0.1, -0.05) is 6.07 Å². The molecule has 0 saturated heterocycles. The van der Waals surface area contributed by atoms with E-state index >= 15 is 0 Å². The van der Waals surface area contributed by atoms with Gasteiger partial charge in [0.1, 0.15) is 5.52 Å². The minimum atomic E-state index is -0.0354. The molecule has 0 radical (unpaired) electrons. The second-order valence-electron chi connectivity index (χ2n) is 7.17. The lowest BCUT2D eigenvalue weighted by molar-refractivity contribution is 0.0796. The molecule has 0 bridgehead atoms. The van der Waals surface area contributed by atoms with Crippen molar-refractivity contribution >= 4 is 17.0 Å². The van der Waals surface area contributed by atoms with Gasteiger partial charge in [-0.05, 0) is 55.2 Å². The molecule has 4 rings (SSSR count). The van der Waals surface area contributed by atoms with Crippen molar-refractivity contribution in [3.05, 3.63) is 53.4 Å². The van der Waals surface area contributed by atoms with E-state index < -0.39 is 0 Å². The number of amides is 1. The standard InChI is InChI=1S/C22H24N2O4/c1-24(11-10-14-4-9-18(26-2)20(12-14)27-3)22(25)16-7-8-17-19(13-16)28-21(23-17)15-5-6-15/h4,7-9,12-13,15H,5-6,10-11H2,1-3H3. The van der Waals surface area contributed by atoms with Gasteiger partial charge in [0.15, 0.2) is 23.0 Å². The van der Waals surface area contributed by atoms with Crippen LogP contribution in [-0.2, 0) is 6.42 Å². The van der Waals surface area contributed by atoms with Crippen LogP contribution in [0.1, 0.15) is 40.6 Å². The second-order valence-corrected chi connectivity index (χ2v) is 7.17. The average molecular weight is 380 g/mol. The number of carbonyl (C=O) groups is 1. The van der Waals surface area contributed by atoms with Crippen molar-refractivity contribution in [1.29, 1.82) is 0 Å². The van der Waals surface area contributed by atoms with Crippen LogP contribution in [0.25, 0.3) is 11.1 Å². The van der Waals surface area contributed by atoms with Crippen molar-refractivity contribution in [2.45, 2.75) is 25.2 Å². The van der Waals surface area contributed by atoms with Gasteiger partial charge in [0.2, 0.25) is 0 Å². The van der Waals surface area contributed by atoms with E-state index in [1.54, 1.807) is 25.2 Å². The molecule has 1 fully saturated rings. The highest BCUT2D eigenvalue weighted by atomic mass is 16.5. The van der Waals surface area contributed by atoms with E-state index in [1.165, 1.54) is 0 Å². The van der Waals surface area contributed by atoms with E-state index in [4.69, 9.17) is 13.9 Å². The van der Waals surface area contributed by atoms with Gasteiger partial charge in [0.05, 0.1) is 14.2 Å². The van der Waals surface area contributed by atoms with Crippen LogP contribution in [-0.4, -0.2) is 43.6 Å². The van der Waals surface area contributed by atoms with Gasteiger partial charge in [-0.3, -0.25) is 4.79 Å². The minimum absolute atomic E-state index is 0.0354. The molecule has 1 saturated carbocycles. The fourth-order valence-electron chi connectivity index (χ4n) is 3.24. The number of likely N-dealkylation sites (N-methyl/N-ethyl adjacent to an activating group) is 1. The van der Waals surface area contributed by atoms with Crippen LogP contribution in [0.4, 0.5) is 0 Å². The van der Waals surface area contributed by atoms with Crippen LogP contribution in [0.2, 0.25) is 0 Å². The van der Waals surface area contributed by atoms with Crippen LogP contribution in [0.3, 0.4) is 0 Å². The Morgan fingerprint density at radius 1 is 1.14 bits per heavy atom. The molecule has 0 atom stereocenters. The lowest BCUT2D eigenvalue weighted by Crippen LogP contribution is -2.28. The summed E-state index contributed by atoms with van der Waals surface area (Å²) < 4.78 is 16.4. The van der Waals surface area contributed by atoms with Crippen LogP contribution >= 0.6 is 0 Å². The zero-order valence-corrected chi connectivity index (χ0v) is 16.4. The monoisotopic (exact) mass is 380 g/mol. The first-order chi connectivity index (χ1) is 13.6. The number of hydrogen-bond acceptors (Lipinski definition) is 5. The maximum Gasteiger partial charge on any atom is 0.253 e. The Bertz CT molecular complexity index is 1010. The molecule has 0 spiro atoms. The molecule has 0 N–H and O–H groups in total.